The van der Waals surface area contributed by atoms with Crippen molar-refractivity contribution in [2.24, 2.45) is 17.8 Å². The molecule has 1 aliphatic heterocycles. The van der Waals surface area contributed by atoms with Crippen LogP contribution in [0.4, 0.5) is 0 Å². The molecule has 0 aromatic carbocycles. The molecule has 0 fully saturated rings. The molecular formula is C15H14O. The first kappa shape index (κ1) is 9.46. The van der Waals surface area contributed by atoms with E-state index in [4.69, 9.17) is 4.74 Å². The van der Waals surface area contributed by atoms with E-state index in [1.54, 1.807) is 0 Å². The average Bonchev–Trinajstić information content (AvgIpc) is 3.03. The van der Waals surface area contributed by atoms with Gasteiger partial charge >= 0.3 is 0 Å². The van der Waals surface area contributed by atoms with Gasteiger partial charge < -0.3 is 4.74 Å². The summed E-state index contributed by atoms with van der Waals surface area (Å²) in [6.45, 7) is 0. The Morgan fingerprint density at radius 2 is 1.44 bits per heavy atom. The van der Waals surface area contributed by atoms with Crippen LogP contribution in [-0.2, 0) is 4.74 Å². The van der Waals surface area contributed by atoms with Crippen molar-refractivity contribution in [1.82, 2.24) is 0 Å². The summed E-state index contributed by atoms with van der Waals surface area (Å²) >= 11 is 0. The molecule has 0 aromatic heterocycles. The zero-order valence-electron chi connectivity index (χ0n) is 8.99. The van der Waals surface area contributed by atoms with Crippen molar-refractivity contribution in [3.05, 3.63) is 72.8 Å². The van der Waals surface area contributed by atoms with Crippen LogP contribution in [0.5, 0.6) is 0 Å². The summed E-state index contributed by atoms with van der Waals surface area (Å²) in [6, 6.07) is 0. The van der Waals surface area contributed by atoms with Gasteiger partial charge in [-0.15, -0.1) is 0 Å². The maximum Gasteiger partial charge on any atom is 0.110 e. The van der Waals surface area contributed by atoms with Crippen molar-refractivity contribution in [1.29, 1.82) is 0 Å². The van der Waals surface area contributed by atoms with E-state index < -0.39 is 0 Å². The van der Waals surface area contributed by atoms with E-state index in [0.29, 0.717) is 17.8 Å². The lowest BCUT2D eigenvalue weighted by Crippen LogP contribution is -2.11. The molecule has 0 saturated heterocycles. The van der Waals surface area contributed by atoms with Crippen molar-refractivity contribution in [3.8, 4) is 0 Å². The highest BCUT2D eigenvalue weighted by atomic mass is 16.5. The van der Waals surface area contributed by atoms with Gasteiger partial charge in [-0.25, -0.2) is 0 Å². The highest BCUT2D eigenvalue weighted by Crippen LogP contribution is 2.30. The molecule has 3 rings (SSSR count). The van der Waals surface area contributed by atoms with Gasteiger partial charge in [0.05, 0.1) is 12.2 Å². The van der Waals surface area contributed by atoms with Gasteiger partial charge in [-0.05, 0) is 12.2 Å². The van der Waals surface area contributed by atoms with Crippen molar-refractivity contribution in [3.63, 3.8) is 0 Å². The van der Waals surface area contributed by atoms with Crippen LogP contribution >= 0.6 is 0 Å². The first-order valence-corrected chi connectivity index (χ1v) is 5.68. The highest BCUT2D eigenvalue weighted by molar-refractivity contribution is 5.31. The molecule has 0 radical (unpaired) electrons. The van der Waals surface area contributed by atoms with Crippen LogP contribution in [0.3, 0.4) is 0 Å². The molecule has 2 aliphatic carbocycles. The van der Waals surface area contributed by atoms with E-state index in [0.717, 1.165) is 5.76 Å². The van der Waals surface area contributed by atoms with Gasteiger partial charge in [0.1, 0.15) is 5.76 Å². The standard InChI is InChI=1S/C15H14O/c1-2-6-12(5-1)14-9-10-16-15(11-14)13-7-3-4-8-13/h1-14H. The van der Waals surface area contributed by atoms with Crippen LogP contribution in [0.25, 0.3) is 0 Å². The largest absolute Gasteiger partial charge is 0.469 e. The molecule has 1 heterocycles. The fourth-order valence-corrected chi connectivity index (χ4v) is 2.25. The Morgan fingerprint density at radius 3 is 2.19 bits per heavy atom. The first-order valence-electron chi connectivity index (χ1n) is 5.68. The van der Waals surface area contributed by atoms with Gasteiger partial charge in [-0.2, -0.15) is 0 Å². The molecule has 0 amide bonds. The molecule has 1 unspecified atom stereocenters. The normalized spacial score (nSPS) is 27.8. The third-order valence-electron chi connectivity index (χ3n) is 3.16. The average molecular weight is 210 g/mol. The van der Waals surface area contributed by atoms with Crippen LogP contribution in [0, 0.1) is 17.8 Å². The van der Waals surface area contributed by atoms with Gasteiger partial charge in [0.2, 0.25) is 0 Å². The number of hydrogen-bond donors (Lipinski definition) is 0. The Bertz CT molecular complexity index is 422. The zero-order chi connectivity index (χ0) is 10.8. The number of allylic oxidation sites excluding steroid dienone is 9. The summed E-state index contributed by atoms with van der Waals surface area (Å²) in [6.07, 6.45) is 23.3. The van der Waals surface area contributed by atoms with Crippen LogP contribution in [0.1, 0.15) is 0 Å². The molecule has 16 heavy (non-hydrogen) atoms. The molecule has 0 N–H and O–H groups in total. The van der Waals surface area contributed by atoms with E-state index >= 15 is 0 Å². The van der Waals surface area contributed by atoms with E-state index in [2.05, 4.69) is 60.8 Å². The molecule has 1 atom stereocenters. The summed E-state index contributed by atoms with van der Waals surface area (Å²) in [5.41, 5.74) is 0. The molecule has 80 valence electrons. The Morgan fingerprint density at radius 1 is 0.750 bits per heavy atom. The monoisotopic (exact) mass is 210 g/mol. The number of hydrogen-bond acceptors (Lipinski definition) is 1. The number of rotatable bonds is 2. The second kappa shape index (κ2) is 4.01. The van der Waals surface area contributed by atoms with E-state index in [1.165, 1.54) is 0 Å². The molecule has 1 heteroatoms. The minimum absolute atomic E-state index is 0.321. The maximum atomic E-state index is 5.58. The van der Waals surface area contributed by atoms with E-state index in [1.807, 2.05) is 6.26 Å². The second-order valence-electron chi connectivity index (χ2n) is 4.24. The molecule has 1 nitrogen and oxygen atoms in total. The van der Waals surface area contributed by atoms with Crippen LogP contribution in [0.2, 0.25) is 0 Å². The molecule has 3 aliphatic rings. The summed E-state index contributed by atoms with van der Waals surface area (Å²) in [7, 11) is 0. The summed E-state index contributed by atoms with van der Waals surface area (Å²) in [5.74, 6) is 2.29. The predicted octanol–water partition coefficient (Wildman–Crippen LogP) is 3.51. The third kappa shape index (κ3) is 1.69. The lowest BCUT2D eigenvalue weighted by Gasteiger charge is -2.21. The minimum Gasteiger partial charge on any atom is -0.469 e. The summed E-state index contributed by atoms with van der Waals surface area (Å²) < 4.78 is 5.58. The van der Waals surface area contributed by atoms with Crippen molar-refractivity contribution >= 4 is 0 Å². The lowest BCUT2D eigenvalue weighted by atomic mass is 9.90. The highest BCUT2D eigenvalue weighted by Gasteiger charge is 2.21. The van der Waals surface area contributed by atoms with Crippen LogP contribution in [0.15, 0.2) is 72.8 Å². The SMILES string of the molecule is C1=CC(C2=CC(C3C=CC=C3)C=CO2)C=C1. The zero-order valence-corrected chi connectivity index (χ0v) is 8.99. The summed E-state index contributed by atoms with van der Waals surface area (Å²) in [4.78, 5) is 0. The second-order valence-corrected chi connectivity index (χ2v) is 4.24. The van der Waals surface area contributed by atoms with Gasteiger partial charge in [0.15, 0.2) is 0 Å². The van der Waals surface area contributed by atoms with E-state index in [9.17, 15) is 0 Å². The maximum absolute atomic E-state index is 5.58. The van der Waals surface area contributed by atoms with Crippen LogP contribution < -0.4 is 0 Å². The van der Waals surface area contributed by atoms with E-state index in [-0.39, 0.29) is 0 Å². The fourth-order valence-electron chi connectivity index (χ4n) is 2.25. The van der Waals surface area contributed by atoms with Gasteiger partial charge in [-0.3, -0.25) is 0 Å². The number of ether oxygens (including phenoxy) is 1. The lowest BCUT2D eigenvalue weighted by molar-refractivity contribution is 0.304. The molecular weight excluding hydrogens is 196 g/mol. The first-order chi connectivity index (χ1) is 7.93. The smallest absolute Gasteiger partial charge is 0.110 e. The molecule has 0 bridgehead atoms. The fraction of sp³-hybridized carbons (Fsp3) is 0.200. The van der Waals surface area contributed by atoms with Crippen molar-refractivity contribution in [2.45, 2.75) is 0 Å². The van der Waals surface area contributed by atoms with Gasteiger partial charge in [0, 0.05) is 11.8 Å². The third-order valence-corrected chi connectivity index (χ3v) is 3.16. The van der Waals surface area contributed by atoms with Crippen LogP contribution in [-0.4, -0.2) is 0 Å². The van der Waals surface area contributed by atoms with Gasteiger partial charge in [-0.1, -0.05) is 48.6 Å². The molecule has 0 spiro atoms. The Hall–Kier alpha value is -1.76. The Kier molecular flexibility index (Phi) is 2.37. The minimum atomic E-state index is 0.321. The topological polar surface area (TPSA) is 9.23 Å². The Labute approximate surface area is 95.8 Å². The van der Waals surface area contributed by atoms with Crippen molar-refractivity contribution in [2.75, 3.05) is 0 Å². The van der Waals surface area contributed by atoms with Crippen molar-refractivity contribution < 1.29 is 4.74 Å². The molecule has 0 aromatic rings. The van der Waals surface area contributed by atoms with Gasteiger partial charge in [0.25, 0.3) is 0 Å². The quantitative estimate of drug-likeness (QED) is 0.677. The predicted molar refractivity (Wildman–Crippen MR) is 65.3 cm³/mol. The molecule has 0 saturated carbocycles. The Balaban J connectivity index is 1.80. The summed E-state index contributed by atoms with van der Waals surface area (Å²) in [5, 5.41) is 0.